The van der Waals surface area contributed by atoms with E-state index in [1.165, 1.54) is 29.5 Å². The van der Waals surface area contributed by atoms with Gasteiger partial charge in [0.1, 0.15) is 6.04 Å². The van der Waals surface area contributed by atoms with Crippen LogP contribution in [0.3, 0.4) is 0 Å². The molecule has 3 N–H and O–H groups in total. The quantitative estimate of drug-likeness (QED) is 0.612. The number of carbonyl (C=O) groups is 1. The molecule has 5 heteroatoms. The number of hydrogen-bond acceptors (Lipinski definition) is 4. The van der Waals surface area contributed by atoms with Gasteiger partial charge < -0.3 is 16.0 Å². The summed E-state index contributed by atoms with van der Waals surface area (Å²) in [6, 6.07) is 10.1. The number of aromatic nitrogens is 1. The predicted molar refractivity (Wildman–Crippen MR) is 118 cm³/mol. The first-order valence-corrected chi connectivity index (χ1v) is 10.8. The number of rotatable bonds is 9. The predicted octanol–water partition coefficient (Wildman–Crippen LogP) is 3.08. The second kappa shape index (κ2) is 11.1. The summed E-state index contributed by atoms with van der Waals surface area (Å²) in [6.45, 7) is 7.88. The molecule has 0 aliphatic carbocycles. The lowest BCUT2D eigenvalue weighted by atomic mass is 9.94. The molecule has 1 unspecified atom stereocenters. The topological polar surface area (TPSA) is 66.0 Å². The lowest BCUT2D eigenvalue weighted by molar-refractivity contribution is -0.123. The van der Waals surface area contributed by atoms with Gasteiger partial charge in [-0.15, -0.1) is 0 Å². The van der Waals surface area contributed by atoms with Crippen LogP contribution in [-0.2, 0) is 11.2 Å². The summed E-state index contributed by atoms with van der Waals surface area (Å²) < 4.78 is 0. The third-order valence-corrected chi connectivity index (χ3v) is 5.66. The first kappa shape index (κ1) is 21.5. The maximum absolute atomic E-state index is 13.0. The Morgan fingerprint density at radius 3 is 2.48 bits per heavy atom. The Morgan fingerprint density at radius 2 is 1.79 bits per heavy atom. The molecule has 1 aliphatic rings. The number of amides is 1. The molecule has 0 spiro atoms. The normalized spacial score (nSPS) is 15.8. The van der Waals surface area contributed by atoms with Crippen molar-refractivity contribution in [1.29, 1.82) is 0 Å². The van der Waals surface area contributed by atoms with E-state index in [2.05, 4.69) is 53.0 Å². The number of aryl methyl sites for hydroxylation is 2. The first-order chi connectivity index (χ1) is 14.1. The van der Waals surface area contributed by atoms with Crippen LogP contribution in [0.2, 0.25) is 0 Å². The number of nitrogens with one attached hydrogen (secondary N) is 3. The second-order valence-electron chi connectivity index (χ2n) is 8.19. The van der Waals surface area contributed by atoms with Crippen LogP contribution >= 0.6 is 0 Å². The molecule has 1 aromatic heterocycles. The van der Waals surface area contributed by atoms with E-state index in [9.17, 15) is 4.79 Å². The highest BCUT2D eigenvalue weighted by Crippen LogP contribution is 2.19. The fourth-order valence-electron chi connectivity index (χ4n) is 4.12. The minimum Gasteiger partial charge on any atom is -0.354 e. The van der Waals surface area contributed by atoms with Gasteiger partial charge in [-0.25, -0.2) is 0 Å². The van der Waals surface area contributed by atoms with Crippen LogP contribution in [-0.4, -0.2) is 37.1 Å². The highest BCUT2D eigenvalue weighted by Gasteiger charge is 2.21. The number of hydrogen-bond donors (Lipinski definition) is 3. The van der Waals surface area contributed by atoms with Gasteiger partial charge in [-0.3, -0.25) is 9.78 Å². The minimum atomic E-state index is -0.312. The third kappa shape index (κ3) is 6.94. The first-order valence-electron chi connectivity index (χ1n) is 10.8. The van der Waals surface area contributed by atoms with Gasteiger partial charge in [0.05, 0.1) is 0 Å². The SMILES string of the molecule is Cc1cc(C)cc(C(NCCC2CCNCC2)C(=O)NCCc2ccncc2)c1. The molecular formula is C24H34N4O. The van der Waals surface area contributed by atoms with E-state index < -0.39 is 0 Å². The molecule has 1 aliphatic heterocycles. The summed E-state index contributed by atoms with van der Waals surface area (Å²) >= 11 is 0. The van der Waals surface area contributed by atoms with Crippen molar-refractivity contribution in [2.24, 2.45) is 5.92 Å². The van der Waals surface area contributed by atoms with Crippen LogP contribution in [0.15, 0.2) is 42.7 Å². The maximum atomic E-state index is 13.0. The monoisotopic (exact) mass is 394 g/mol. The Labute approximate surface area is 174 Å². The van der Waals surface area contributed by atoms with E-state index in [4.69, 9.17) is 0 Å². The summed E-state index contributed by atoms with van der Waals surface area (Å²) in [4.78, 5) is 17.1. The Balaban J connectivity index is 1.60. The zero-order chi connectivity index (χ0) is 20.5. The largest absolute Gasteiger partial charge is 0.354 e. The zero-order valence-electron chi connectivity index (χ0n) is 17.7. The Bertz CT molecular complexity index is 751. The lowest BCUT2D eigenvalue weighted by Crippen LogP contribution is -2.39. The number of carbonyl (C=O) groups excluding carboxylic acids is 1. The Hall–Kier alpha value is -2.24. The molecule has 2 heterocycles. The molecule has 3 rings (SSSR count). The standard InChI is InChI=1S/C24H34N4O/c1-18-15-19(2)17-22(16-18)23(27-13-7-20-3-9-25-10-4-20)24(29)28-14-8-21-5-11-26-12-6-21/h5-6,11-12,15-17,20,23,25,27H,3-4,7-10,13-14H2,1-2H3,(H,28,29). The highest BCUT2D eigenvalue weighted by molar-refractivity contribution is 5.83. The molecule has 2 aromatic rings. The van der Waals surface area contributed by atoms with E-state index in [1.54, 1.807) is 12.4 Å². The van der Waals surface area contributed by atoms with Gasteiger partial charge in [0, 0.05) is 18.9 Å². The molecule has 29 heavy (non-hydrogen) atoms. The maximum Gasteiger partial charge on any atom is 0.241 e. The summed E-state index contributed by atoms with van der Waals surface area (Å²) in [5.74, 6) is 0.799. The number of benzene rings is 1. The van der Waals surface area contributed by atoms with Gasteiger partial charge in [0.2, 0.25) is 5.91 Å². The molecule has 156 valence electrons. The number of pyridine rings is 1. The Morgan fingerprint density at radius 1 is 1.10 bits per heavy atom. The zero-order valence-corrected chi connectivity index (χ0v) is 17.7. The van der Waals surface area contributed by atoms with Gasteiger partial charge in [0.25, 0.3) is 0 Å². The van der Waals surface area contributed by atoms with Crippen molar-refractivity contribution in [1.82, 2.24) is 20.9 Å². The van der Waals surface area contributed by atoms with Crippen molar-refractivity contribution in [3.05, 3.63) is 65.0 Å². The molecule has 1 aromatic carbocycles. The highest BCUT2D eigenvalue weighted by atomic mass is 16.2. The molecule has 1 saturated heterocycles. The summed E-state index contributed by atoms with van der Waals surface area (Å²) in [5, 5.41) is 10.1. The van der Waals surface area contributed by atoms with Crippen molar-refractivity contribution in [2.75, 3.05) is 26.2 Å². The van der Waals surface area contributed by atoms with Gasteiger partial charge in [-0.2, -0.15) is 0 Å². The third-order valence-electron chi connectivity index (χ3n) is 5.66. The van der Waals surface area contributed by atoms with Crippen molar-refractivity contribution >= 4 is 5.91 Å². The summed E-state index contributed by atoms with van der Waals surface area (Å²) in [7, 11) is 0. The van der Waals surface area contributed by atoms with E-state index >= 15 is 0 Å². The molecule has 1 fully saturated rings. The van der Waals surface area contributed by atoms with Gasteiger partial charge in [-0.1, -0.05) is 29.3 Å². The molecule has 0 saturated carbocycles. The van der Waals surface area contributed by atoms with Gasteiger partial charge in [0.15, 0.2) is 0 Å². The minimum absolute atomic E-state index is 0.0503. The van der Waals surface area contributed by atoms with Crippen LogP contribution in [0, 0.1) is 19.8 Å². The Kier molecular flexibility index (Phi) is 8.20. The average Bonchev–Trinajstić information content (AvgIpc) is 2.72. The fraction of sp³-hybridized carbons (Fsp3) is 0.500. The second-order valence-corrected chi connectivity index (χ2v) is 8.19. The van der Waals surface area contributed by atoms with Crippen LogP contribution in [0.25, 0.3) is 0 Å². The van der Waals surface area contributed by atoms with Crippen molar-refractivity contribution in [3.8, 4) is 0 Å². The van der Waals surface area contributed by atoms with Crippen LogP contribution in [0.1, 0.15) is 47.6 Å². The van der Waals surface area contributed by atoms with Crippen molar-refractivity contribution in [3.63, 3.8) is 0 Å². The molecular weight excluding hydrogens is 360 g/mol. The smallest absolute Gasteiger partial charge is 0.241 e. The van der Waals surface area contributed by atoms with E-state index in [0.717, 1.165) is 44.0 Å². The average molecular weight is 395 g/mol. The van der Waals surface area contributed by atoms with Crippen LogP contribution in [0.5, 0.6) is 0 Å². The molecule has 0 bridgehead atoms. The molecule has 1 atom stereocenters. The van der Waals surface area contributed by atoms with Gasteiger partial charge in [-0.05, 0) is 88.3 Å². The van der Waals surface area contributed by atoms with Crippen molar-refractivity contribution in [2.45, 2.75) is 45.6 Å². The molecule has 5 nitrogen and oxygen atoms in total. The van der Waals surface area contributed by atoms with Crippen molar-refractivity contribution < 1.29 is 4.79 Å². The van der Waals surface area contributed by atoms with E-state index in [0.29, 0.717) is 6.54 Å². The van der Waals surface area contributed by atoms with E-state index in [1.807, 2.05) is 12.1 Å². The van der Waals surface area contributed by atoms with E-state index in [-0.39, 0.29) is 11.9 Å². The number of piperidine rings is 1. The van der Waals surface area contributed by atoms with Crippen LogP contribution in [0.4, 0.5) is 0 Å². The summed E-state index contributed by atoms with van der Waals surface area (Å²) in [5.41, 5.74) is 4.61. The summed E-state index contributed by atoms with van der Waals surface area (Å²) in [6.07, 6.45) is 7.97. The lowest BCUT2D eigenvalue weighted by Gasteiger charge is -2.25. The van der Waals surface area contributed by atoms with Crippen LogP contribution < -0.4 is 16.0 Å². The molecule has 0 radical (unpaired) electrons. The van der Waals surface area contributed by atoms with Gasteiger partial charge >= 0.3 is 0 Å². The number of nitrogens with zero attached hydrogens (tertiary/aromatic N) is 1. The fourth-order valence-corrected chi connectivity index (χ4v) is 4.12. The molecule has 1 amide bonds.